The van der Waals surface area contributed by atoms with Crippen LogP contribution in [0.3, 0.4) is 0 Å². The van der Waals surface area contributed by atoms with E-state index in [9.17, 15) is 13.2 Å². The van der Waals surface area contributed by atoms with Gasteiger partial charge in [0.2, 0.25) is 0 Å². The topological polar surface area (TPSA) is 38.1 Å². The summed E-state index contributed by atoms with van der Waals surface area (Å²) in [4.78, 5) is 3.93. The molecule has 2 rings (SSSR count). The van der Waals surface area contributed by atoms with E-state index in [1.165, 1.54) is 0 Å². The quantitative estimate of drug-likeness (QED) is 0.857. The molecule has 2 aromatic rings. The van der Waals surface area contributed by atoms with Crippen molar-refractivity contribution in [2.45, 2.75) is 19.3 Å². The summed E-state index contributed by atoms with van der Waals surface area (Å²) in [5, 5.41) is 8.97. The lowest BCUT2D eigenvalue weighted by atomic mass is 10.3. The van der Waals surface area contributed by atoms with Crippen molar-refractivity contribution in [2.75, 3.05) is 0 Å². The molecule has 1 aromatic carbocycles. The van der Waals surface area contributed by atoms with Crippen molar-refractivity contribution >= 4 is 11.0 Å². The SMILES string of the molecule is OCc1nc2ccccc2n1CC(F)(F)F. The molecule has 0 radical (unpaired) electrons. The van der Waals surface area contributed by atoms with Gasteiger partial charge in [-0.1, -0.05) is 12.1 Å². The van der Waals surface area contributed by atoms with E-state index in [4.69, 9.17) is 5.11 Å². The zero-order valence-corrected chi connectivity index (χ0v) is 8.20. The molecule has 0 aliphatic carbocycles. The Morgan fingerprint density at radius 2 is 1.94 bits per heavy atom. The fourth-order valence-electron chi connectivity index (χ4n) is 1.60. The summed E-state index contributed by atoms with van der Waals surface area (Å²) in [6.07, 6.45) is -4.33. The molecule has 0 atom stereocenters. The minimum Gasteiger partial charge on any atom is -0.388 e. The lowest BCUT2D eigenvalue weighted by Gasteiger charge is -2.10. The summed E-state index contributed by atoms with van der Waals surface area (Å²) >= 11 is 0. The molecule has 0 aliphatic rings. The van der Waals surface area contributed by atoms with Gasteiger partial charge in [0.05, 0.1) is 11.0 Å². The summed E-state index contributed by atoms with van der Waals surface area (Å²) in [5.41, 5.74) is 0.833. The lowest BCUT2D eigenvalue weighted by molar-refractivity contribution is -0.140. The summed E-state index contributed by atoms with van der Waals surface area (Å²) in [6.45, 7) is -1.64. The highest BCUT2D eigenvalue weighted by Gasteiger charge is 2.29. The van der Waals surface area contributed by atoms with E-state index in [0.29, 0.717) is 11.0 Å². The molecule has 0 fully saturated rings. The number of fused-ring (bicyclic) bond motifs is 1. The van der Waals surface area contributed by atoms with Crippen molar-refractivity contribution < 1.29 is 18.3 Å². The van der Waals surface area contributed by atoms with Crippen LogP contribution in [0.25, 0.3) is 11.0 Å². The van der Waals surface area contributed by atoms with Gasteiger partial charge in [-0.05, 0) is 12.1 Å². The summed E-state index contributed by atoms with van der Waals surface area (Å²) in [7, 11) is 0. The van der Waals surface area contributed by atoms with Gasteiger partial charge in [-0.3, -0.25) is 0 Å². The van der Waals surface area contributed by atoms with Gasteiger partial charge in [0.1, 0.15) is 19.0 Å². The van der Waals surface area contributed by atoms with E-state index in [0.717, 1.165) is 4.57 Å². The first-order valence-electron chi connectivity index (χ1n) is 4.63. The molecular weight excluding hydrogens is 221 g/mol. The van der Waals surface area contributed by atoms with Gasteiger partial charge in [-0.25, -0.2) is 4.98 Å². The van der Waals surface area contributed by atoms with Crippen LogP contribution in [0.1, 0.15) is 5.82 Å². The molecule has 1 N–H and O–H groups in total. The molecule has 0 spiro atoms. The lowest BCUT2D eigenvalue weighted by Crippen LogP contribution is -2.19. The predicted molar refractivity (Wildman–Crippen MR) is 51.7 cm³/mol. The van der Waals surface area contributed by atoms with Gasteiger partial charge in [0.15, 0.2) is 0 Å². The molecule has 0 unspecified atom stereocenters. The minimum atomic E-state index is -4.33. The van der Waals surface area contributed by atoms with Gasteiger partial charge in [-0.2, -0.15) is 13.2 Å². The van der Waals surface area contributed by atoms with Gasteiger partial charge in [0, 0.05) is 0 Å². The molecule has 0 bridgehead atoms. The predicted octanol–water partition coefficient (Wildman–Crippen LogP) is 2.09. The Bertz CT molecular complexity index is 504. The summed E-state index contributed by atoms with van der Waals surface area (Å²) < 4.78 is 38.0. The Morgan fingerprint density at radius 3 is 2.56 bits per heavy atom. The van der Waals surface area contributed by atoms with Crippen molar-refractivity contribution in [3.05, 3.63) is 30.1 Å². The average Bonchev–Trinajstić information content (AvgIpc) is 2.55. The van der Waals surface area contributed by atoms with E-state index < -0.39 is 19.3 Å². The number of halogens is 3. The maximum Gasteiger partial charge on any atom is 0.406 e. The number of para-hydroxylation sites is 2. The van der Waals surface area contributed by atoms with E-state index in [-0.39, 0.29) is 5.82 Å². The number of rotatable bonds is 2. The molecule has 1 aromatic heterocycles. The summed E-state index contributed by atoms with van der Waals surface area (Å²) in [5.74, 6) is 0.0264. The highest BCUT2D eigenvalue weighted by molar-refractivity contribution is 5.75. The fourth-order valence-corrected chi connectivity index (χ4v) is 1.60. The zero-order valence-electron chi connectivity index (χ0n) is 8.20. The monoisotopic (exact) mass is 230 g/mol. The smallest absolute Gasteiger partial charge is 0.388 e. The van der Waals surface area contributed by atoms with Crippen LogP contribution in [0.15, 0.2) is 24.3 Å². The Kier molecular flexibility index (Phi) is 2.59. The van der Waals surface area contributed by atoms with Crippen LogP contribution in [0.4, 0.5) is 13.2 Å². The van der Waals surface area contributed by atoms with Crippen molar-refractivity contribution in [3.8, 4) is 0 Å². The van der Waals surface area contributed by atoms with Crippen LogP contribution in [-0.2, 0) is 13.2 Å². The molecule has 86 valence electrons. The van der Waals surface area contributed by atoms with Crippen molar-refractivity contribution in [2.24, 2.45) is 0 Å². The summed E-state index contributed by atoms with van der Waals surface area (Å²) in [6, 6.07) is 6.49. The maximum absolute atomic E-state index is 12.3. The number of benzene rings is 1. The van der Waals surface area contributed by atoms with E-state index in [1.54, 1.807) is 24.3 Å². The Hall–Kier alpha value is -1.56. The van der Waals surface area contributed by atoms with Gasteiger partial charge in [0.25, 0.3) is 0 Å². The molecule has 1 heterocycles. The first-order valence-corrected chi connectivity index (χ1v) is 4.63. The van der Waals surface area contributed by atoms with E-state index in [2.05, 4.69) is 4.98 Å². The van der Waals surface area contributed by atoms with Gasteiger partial charge >= 0.3 is 6.18 Å². The molecule has 6 heteroatoms. The number of aliphatic hydroxyl groups excluding tert-OH is 1. The number of hydrogen-bond donors (Lipinski definition) is 1. The maximum atomic E-state index is 12.3. The second-order valence-corrected chi connectivity index (χ2v) is 3.38. The van der Waals surface area contributed by atoms with E-state index >= 15 is 0 Å². The number of nitrogens with zero attached hydrogens (tertiary/aromatic N) is 2. The number of hydrogen-bond acceptors (Lipinski definition) is 2. The number of aromatic nitrogens is 2. The second kappa shape index (κ2) is 3.79. The van der Waals surface area contributed by atoms with Gasteiger partial charge < -0.3 is 9.67 Å². The van der Waals surface area contributed by atoms with Crippen molar-refractivity contribution in [1.29, 1.82) is 0 Å². The van der Waals surface area contributed by atoms with Crippen LogP contribution < -0.4 is 0 Å². The number of aliphatic hydroxyl groups is 1. The Balaban J connectivity index is 2.56. The van der Waals surface area contributed by atoms with Crippen molar-refractivity contribution in [1.82, 2.24) is 9.55 Å². The average molecular weight is 230 g/mol. The zero-order chi connectivity index (χ0) is 11.8. The Labute approximate surface area is 89.1 Å². The number of imidazole rings is 1. The molecule has 0 aliphatic heterocycles. The third-order valence-electron chi connectivity index (χ3n) is 2.21. The first kappa shape index (κ1) is 10.9. The molecule has 0 amide bonds. The minimum absolute atomic E-state index is 0.0264. The highest BCUT2D eigenvalue weighted by Crippen LogP contribution is 2.23. The standard InChI is InChI=1S/C10H9F3N2O/c11-10(12,13)6-15-8-4-2-1-3-7(8)14-9(15)5-16/h1-4,16H,5-6H2. The van der Waals surface area contributed by atoms with Gasteiger partial charge in [-0.15, -0.1) is 0 Å². The fraction of sp³-hybridized carbons (Fsp3) is 0.300. The molecular formula is C10H9F3N2O. The highest BCUT2D eigenvalue weighted by atomic mass is 19.4. The van der Waals surface area contributed by atoms with Crippen LogP contribution in [0.2, 0.25) is 0 Å². The van der Waals surface area contributed by atoms with Crippen LogP contribution in [-0.4, -0.2) is 20.8 Å². The second-order valence-electron chi connectivity index (χ2n) is 3.38. The van der Waals surface area contributed by atoms with Crippen LogP contribution in [0.5, 0.6) is 0 Å². The largest absolute Gasteiger partial charge is 0.406 e. The Morgan fingerprint density at radius 1 is 1.25 bits per heavy atom. The van der Waals surface area contributed by atoms with Crippen molar-refractivity contribution in [3.63, 3.8) is 0 Å². The van der Waals surface area contributed by atoms with Crippen LogP contribution >= 0.6 is 0 Å². The van der Waals surface area contributed by atoms with Crippen LogP contribution in [0, 0.1) is 0 Å². The third-order valence-corrected chi connectivity index (χ3v) is 2.21. The number of alkyl halides is 3. The molecule has 0 saturated heterocycles. The third kappa shape index (κ3) is 2.01. The molecule has 0 saturated carbocycles. The molecule has 16 heavy (non-hydrogen) atoms. The first-order chi connectivity index (χ1) is 7.51. The van der Waals surface area contributed by atoms with E-state index in [1.807, 2.05) is 0 Å². The molecule has 3 nitrogen and oxygen atoms in total. The normalized spacial score (nSPS) is 12.2.